The van der Waals surface area contributed by atoms with Gasteiger partial charge in [-0.1, -0.05) is 6.07 Å². The SMILES string of the molecule is COc1ccc2c(c1)C(CCC(=O)O)CN2S(=O)(=O)c1cccc(C(F)(F)F)c1. The van der Waals surface area contributed by atoms with Gasteiger partial charge in [-0.3, -0.25) is 9.10 Å². The summed E-state index contributed by atoms with van der Waals surface area (Å²) in [5, 5.41) is 8.97. The molecular formula is C19H18F3NO5S. The van der Waals surface area contributed by atoms with Gasteiger partial charge in [-0.15, -0.1) is 0 Å². The molecule has 1 heterocycles. The molecule has 1 aliphatic heterocycles. The topological polar surface area (TPSA) is 83.9 Å². The number of aliphatic carboxylic acids is 1. The van der Waals surface area contributed by atoms with Crippen LogP contribution < -0.4 is 9.04 Å². The third kappa shape index (κ3) is 4.16. The summed E-state index contributed by atoms with van der Waals surface area (Å²) in [5.41, 5.74) is -0.171. The number of alkyl halides is 3. The summed E-state index contributed by atoms with van der Waals surface area (Å²) in [4.78, 5) is 10.5. The Morgan fingerprint density at radius 3 is 2.59 bits per heavy atom. The number of ether oxygens (including phenoxy) is 1. The number of hydrogen-bond donors (Lipinski definition) is 1. The zero-order chi connectivity index (χ0) is 21.4. The number of fused-ring (bicyclic) bond motifs is 1. The number of carboxylic acids is 1. The van der Waals surface area contributed by atoms with E-state index in [1.165, 1.54) is 13.2 Å². The van der Waals surface area contributed by atoms with Crippen molar-refractivity contribution < 1.29 is 36.2 Å². The van der Waals surface area contributed by atoms with E-state index in [-0.39, 0.29) is 19.4 Å². The molecule has 3 rings (SSSR count). The first-order valence-corrected chi connectivity index (χ1v) is 10.1. The fraction of sp³-hybridized carbons (Fsp3) is 0.316. The number of carboxylic acid groups (broad SMARTS) is 1. The number of benzene rings is 2. The van der Waals surface area contributed by atoms with Crippen LogP contribution in [-0.4, -0.2) is 33.1 Å². The van der Waals surface area contributed by atoms with E-state index in [1.54, 1.807) is 12.1 Å². The second-order valence-electron chi connectivity index (χ2n) is 6.62. The van der Waals surface area contributed by atoms with Crippen LogP contribution in [-0.2, 0) is 21.0 Å². The molecular weight excluding hydrogens is 411 g/mol. The predicted molar refractivity (Wildman–Crippen MR) is 98.6 cm³/mol. The molecule has 2 aromatic rings. The lowest BCUT2D eigenvalue weighted by molar-refractivity contribution is -0.138. The van der Waals surface area contributed by atoms with Crippen LogP contribution in [0.15, 0.2) is 47.4 Å². The molecule has 0 aromatic heterocycles. The van der Waals surface area contributed by atoms with Crippen molar-refractivity contribution in [3.05, 3.63) is 53.6 Å². The maximum absolute atomic E-state index is 13.1. The monoisotopic (exact) mass is 429 g/mol. The third-order valence-electron chi connectivity index (χ3n) is 4.79. The fourth-order valence-corrected chi connectivity index (χ4v) is 4.93. The molecule has 1 N–H and O–H groups in total. The van der Waals surface area contributed by atoms with E-state index in [2.05, 4.69) is 0 Å². The molecule has 29 heavy (non-hydrogen) atoms. The van der Waals surface area contributed by atoms with Crippen molar-refractivity contribution in [1.82, 2.24) is 0 Å². The lowest BCUT2D eigenvalue weighted by Gasteiger charge is -2.21. The van der Waals surface area contributed by atoms with E-state index in [1.807, 2.05) is 0 Å². The zero-order valence-corrected chi connectivity index (χ0v) is 16.1. The van der Waals surface area contributed by atoms with Crippen molar-refractivity contribution in [3.63, 3.8) is 0 Å². The molecule has 10 heteroatoms. The number of rotatable bonds is 6. The molecule has 1 aliphatic rings. The van der Waals surface area contributed by atoms with Crippen LogP contribution in [0, 0.1) is 0 Å². The normalized spacial score (nSPS) is 16.6. The van der Waals surface area contributed by atoms with Gasteiger partial charge in [0.15, 0.2) is 0 Å². The Hall–Kier alpha value is -2.75. The second kappa shape index (κ2) is 7.58. The fourth-order valence-electron chi connectivity index (χ4n) is 3.34. The van der Waals surface area contributed by atoms with Gasteiger partial charge in [-0.25, -0.2) is 8.42 Å². The summed E-state index contributed by atoms with van der Waals surface area (Å²) < 4.78 is 71.5. The van der Waals surface area contributed by atoms with Crippen molar-refractivity contribution in [2.24, 2.45) is 0 Å². The van der Waals surface area contributed by atoms with E-state index >= 15 is 0 Å². The highest BCUT2D eigenvalue weighted by atomic mass is 32.2. The molecule has 0 saturated heterocycles. The molecule has 0 fully saturated rings. The molecule has 156 valence electrons. The van der Waals surface area contributed by atoms with Crippen molar-refractivity contribution >= 4 is 21.7 Å². The molecule has 2 aromatic carbocycles. The highest BCUT2D eigenvalue weighted by Crippen LogP contribution is 2.43. The van der Waals surface area contributed by atoms with Crippen molar-refractivity contribution in [2.75, 3.05) is 18.0 Å². The minimum Gasteiger partial charge on any atom is -0.497 e. The minimum atomic E-state index is -4.67. The first-order chi connectivity index (χ1) is 13.5. The van der Waals surface area contributed by atoms with Gasteiger partial charge in [-0.2, -0.15) is 13.2 Å². The number of hydrogen-bond acceptors (Lipinski definition) is 4. The highest BCUT2D eigenvalue weighted by molar-refractivity contribution is 7.92. The van der Waals surface area contributed by atoms with Gasteiger partial charge >= 0.3 is 12.1 Å². The summed E-state index contributed by atoms with van der Waals surface area (Å²) in [6.45, 7) is -0.0612. The number of methoxy groups -OCH3 is 1. The second-order valence-corrected chi connectivity index (χ2v) is 8.48. The maximum atomic E-state index is 13.1. The van der Waals surface area contributed by atoms with Crippen LogP contribution in [0.1, 0.15) is 29.9 Å². The molecule has 0 spiro atoms. The molecule has 0 bridgehead atoms. The number of nitrogens with zero attached hydrogens (tertiary/aromatic N) is 1. The number of sulfonamides is 1. The highest BCUT2D eigenvalue weighted by Gasteiger charge is 2.38. The first-order valence-electron chi connectivity index (χ1n) is 8.64. The standard InChI is InChI=1S/C19H18F3NO5S/c1-28-14-6-7-17-16(10-14)12(5-8-18(24)25)11-23(17)29(26,27)15-4-2-3-13(9-15)19(20,21)22/h2-4,6-7,9-10,12H,5,8,11H2,1H3,(H,24,25). The van der Waals surface area contributed by atoms with Crippen LogP contribution in [0.2, 0.25) is 0 Å². The van der Waals surface area contributed by atoms with Gasteiger partial charge in [0, 0.05) is 18.9 Å². The maximum Gasteiger partial charge on any atom is 0.416 e. The molecule has 6 nitrogen and oxygen atoms in total. The number of halogens is 3. The number of carbonyl (C=O) groups is 1. The average molecular weight is 429 g/mol. The van der Waals surface area contributed by atoms with Gasteiger partial charge < -0.3 is 9.84 Å². The van der Waals surface area contributed by atoms with Crippen LogP contribution in [0.25, 0.3) is 0 Å². The Balaban J connectivity index is 2.03. The Morgan fingerprint density at radius 1 is 1.24 bits per heavy atom. The van der Waals surface area contributed by atoms with Crippen molar-refractivity contribution in [1.29, 1.82) is 0 Å². The lowest BCUT2D eigenvalue weighted by atomic mass is 9.96. The van der Waals surface area contributed by atoms with Gasteiger partial charge in [0.25, 0.3) is 10.0 Å². The molecule has 1 unspecified atom stereocenters. The summed E-state index contributed by atoms with van der Waals surface area (Å²) in [6.07, 6.45) is -4.66. The zero-order valence-electron chi connectivity index (χ0n) is 15.3. The molecule has 0 amide bonds. The first kappa shape index (κ1) is 21.0. The summed E-state index contributed by atoms with van der Waals surface area (Å²) in [5.74, 6) is -0.965. The Labute approximate surface area is 165 Å². The molecule has 0 radical (unpaired) electrons. The Morgan fingerprint density at radius 2 is 1.97 bits per heavy atom. The summed E-state index contributed by atoms with van der Waals surface area (Å²) in [6, 6.07) is 8.25. The van der Waals surface area contributed by atoms with Crippen molar-refractivity contribution in [3.8, 4) is 5.75 Å². The van der Waals surface area contributed by atoms with E-state index < -0.39 is 38.5 Å². The van der Waals surface area contributed by atoms with Gasteiger partial charge in [0.05, 0.1) is 23.3 Å². The van der Waals surface area contributed by atoms with Crippen molar-refractivity contribution in [2.45, 2.75) is 29.8 Å². The van der Waals surface area contributed by atoms with E-state index in [9.17, 15) is 26.4 Å². The summed E-state index contributed by atoms with van der Waals surface area (Å²) >= 11 is 0. The smallest absolute Gasteiger partial charge is 0.416 e. The van der Waals surface area contributed by atoms with Crippen LogP contribution >= 0.6 is 0 Å². The van der Waals surface area contributed by atoms with Crippen LogP contribution in [0.3, 0.4) is 0 Å². The average Bonchev–Trinajstić information content (AvgIpc) is 3.04. The Kier molecular flexibility index (Phi) is 5.48. The predicted octanol–water partition coefficient (Wildman–Crippen LogP) is 3.87. The quantitative estimate of drug-likeness (QED) is 0.754. The van der Waals surface area contributed by atoms with Gasteiger partial charge in [0.1, 0.15) is 5.75 Å². The third-order valence-corrected chi connectivity index (χ3v) is 6.56. The minimum absolute atomic E-state index is 0.0612. The van der Waals surface area contributed by atoms with Gasteiger partial charge in [-0.05, 0) is 48.4 Å². The van der Waals surface area contributed by atoms with E-state index in [0.29, 0.717) is 23.1 Å². The van der Waals surface area contributed by atoms with E-state index in [0.717, 1.165) is 22.5 Å². The molecule has 0 saturated carbocycles. The molecule has 1 atom stereocenters. The molecule has 0 aliphatic carbocycles. The lowest BCUT2D eigenvalue weighted by Crippen LogP contribution is -2.30. The summed E-state index contributed by atoms with van der Waals surface area (Å²) in [7, 11) is -2.84. The largest absolute Gasteiger partial charge is 0.497 e. The van der Waals surface area contributed by atoms with Gasteiger partial charge in [0.2, 0.25) is 0 Å². The van der Waals surface area contributed by atoms with Crippen LogP contribution in [0.5, 0.6) is 5.75 Å². The van der Waals surface area contributed by atoms with Crippen LogP contribution in [0.4, 0.5) is 18.9 Å². The van der Waals surface area contributed by atoms with E-state index in [4.69, 9.17) is 9.84 Å². The Bertz CT molecular complexity index is 1040. The number of anilines is 1.